The van der Waals surface area contributed by atoms with Crippen LogP contribution in [-0.2, 0) is 0 Å². The first-order valence-electron chi connectivity index (χ1n) is 10.5. The Labute approximate surface area is 211 Å². The lowest BCUT2D eigenvalue weighted by molar-refractivity contribution is 0.827. The summed E-state index contributed by atoms with van der Waals surface area (Å²) in [6.07, 6.45) is 0.495. The second kappa shape index (κ2) is 11.2. The Morgan fingerprint density at radius 3 is 2.03 bits per heavy atom. The van der Waals surface area contributed by atoms with Gasteiger partial charge in [-0.25, -0.2) is 4.98 Å². The van der Waals surface area contributed by atoms with E-state index in [9.17, 15) is 0 Å². The highest BCUT2D eigenvalue weighted by Gasteiger charge is 2.07. The fourth-order valence-corrected chi connectivity index (χ4v) is 4.34. The Hall–Kier alpha value is -3.38. The molecule has 4 aromatic rings. The molecule has 0 N–H and O–H groups in total. The number of hydrogen-bond donors (Lipinski definition) is 0. The smallest absolute Gasteiger partial charge is 0.231 e. The number of thiazole rings is 1. The van der Waals surface area contributed by atoms with Crippen molar-refractivity contribution in [3.05, 3.63) is 70.7 Å². The van der Waals surface area contributed by atoms with Crippen LogP contribution in [0.1, 0.15) is 13.3 Å². The molecule has 0 fully saturated rings. The lowest BCUT2D eigenvalue weighted by atomic mass is 10.2. The highest BCUT2D eigenvalue weighted by atomic mass is 35.5. The summed E-state index contributed by atoms with van der Waals surface area (Å²) >= 11 is 13.5. The van der Waals surface area contributed by atoms with Crippen molar-refractivity contribution in [3.63, 3.8) is 0 Å². The van der Waals surface area contributed by atoms with Gasteiger partial charge in [-0.3, -0.25) is 0 Å². The Kier molecular flexibility index (Phi) is 7.80. The molecule has 1 aromatic heterocycles. The molecule has 0 saturated heterocycles. The molecule has 1 heterocycles. The Morgan fingerprint density at radius 2 is 1.44 bits per heavy atom. The Balaban J connectivity index is 1.39. The summed E-state index contributed by atoms with van der Waals surface area (Å²) in [5.74, 6) is 0. The van der Waals surface area contributed by atoms with Crippen LogP contribution in [0, 0.1) is 11.3 Å². The maximum absolute atomic E-state index is 8.80. The molecule has 0 aliphatic carbocycles. The summed E-state index contributed by atoms with van der Waals surface area (Å²) in [7, 11) is 0. The van der Waals surface area contributed by atoms with Crippen molar-refractivity contribution in [3.8, 4) is 6.07 Å². The minimum atomic E-state index is 0.460. The highest BCUT2D eigenvalue weighted by molar-refractivity contribution is 7.22. The van der Waals surface area contributed by atoms with E-state index in [1.54, 1.807) is 12.1 Å². The number of benzene rings is 3. The van der Waals surface area contributed by atoms with Gasteiger partial charge < -0.3 is 4.90 Å². The highest BCUT2D eigenvalue weighted by Crippen LogP contribution is 2.35. The number of nitriles is 1. The van der Waals surface area contributed by atoms with Crippen molar-refractivity contribution in [1.29, 1.82) is 5.26 Å². The zero-order valence-corrected chi connectivity index (χ0v) is 20.5. The van der Waals surface area contributed by atoms with E-state index in [2.05, 4.69) is 43.3 Å². The minimum Gasteiger partial charge on any atom is -0.371 e. The fourth-order valence-electron chi connectivity index (χ4n) is 3.14. The molecule has 0 amide bonds. The van der Waals surface area contributed by atoms with Gasteiger partial charge in [-0.1, -0.05) is 34.5 Å². The van der Waals surface area contributed by atoms with Crippen molar-refractivity contribution in [2.45, 2.75) is 13.3 Å². The molecule has 7 nitrogen and oxygen atoms in total. The first-order valence-corrected chi connectivity index (χ1v) is 12.0. The van der Waals surface area contributed by atoms with Gasteiger partial charge in [0.25, 0.3) is 0 Å². The number of aromatic nitrogens is 1. The maximum atomic E-state index is 8.80. The first kappa shape index (κ1) is 23.8. The average Bonchev–Trinajstić information content (AvgIpc) is 3.25. The zero-order chi connectivity index (χ0) is 23.9. The summed E-state index contributed by atoms with van der Waals surface area (Å²) in [4.78, 5) is 6.56. The molecule has 0 unspecified atom stereocenters. The number of halogens is 2. The molecule has 0 bridgehead atoms. The topological polar surface area (TPSA) is 89.4 Å². The van der Waals surface area contributed by atoms with E-state index >= 15 is 0 Å². The Morgan fingerprint density at radius 1 is 0.882 bits per heavy atom. The van der Waals surface area contributed by atoms with Crippen molar-refractivity contribution in [2.75, 3.05) is 18.0 Å². The van der Waals surface area contributed by atoms with Gasteiger partial charge >= 0.3 is 0 Å². The quantitative estimate of drug-likeness (QED) is 0.222. The summed E-state index contributed by atoms with van der Waals surface area (Å²) in [5, 5.41) is 27.3. The number of hydrogen-bond acceptors (Lipinski definition) is 8. The molecule has 4 rings (SSSR count). The lowest BCUT2D eigenvalue weighted by Gasteiger charge is -2.21. The number of azo groups is 2. The van der Waals surface area contributed by atoms with Gasteiger partial charge in [0.1, 0.15) is 0 Å². The van der Waals surface area contributed by atoms with Crippen LogP contribution in [0.3, 0.4) is 0 Å². The van der Waals surface area contributed by atoms with Crippen molar-refractivity contribution < 1.29 is 0 Å². The second-order valence-electron chi connectivity index (χ2n) is 7.15. The number of anilines is 1. The average molecular weight is 508 g/mol. The number of nitrogens with zero attached hydrogens (tertiary/aromatic N) is 7. The van der Waals surface area contributed by atoms with Crippen LogP contribution in [0.2, 0.25) is 10.0 Å². The lowest BCUT2D eigenvalue weighted by Crippen LogP contribution is -2.23. The second-order valence-corrected chi connectivity index (χ2v) is 8.97. The summed E-state index contributed by atoms with van der Waals surface area (Å²) in [6, 6.07) is 20.8. The molecular weight excluding hydrogens is 489 g/mol. The summed E-state index contributed by atoms with van der Waals surface area (Å²) < 4.78 is 0.900. The fraction of sp³-hybridized carbons (Fsp3) is 0.167. The predicted molar refractivity (Wildman–Crippen MR) is 139 cm³/mol. The van der Waals surface area contributed by atoms with E-state index in [0.29, 0.717) is 39.5 Å². The van der Waals surface area contributed by atoms with Crippen LogP contribution < -0.4 is 4.90 Å². The van der Waals surface area contributed by atoms with Crippen LogP contribution in [-0.4, -0.2) is 18.1 Å². The molecule has 0 aliphatic rings. The van der Waals surface area contributed by atoms with Crippen LogP contribution in [0.5, 0.6) is 0 Å². The normalized spacial score (nSPS) is 11.5. The van der Waals surface area contributed by atoms with Gasteiger partial charge in [0, 0.05) is 18.8 Å². The summed E-state index contributed by atoms with van der Waals surface area (Å²) in [5.41, 5.74) is 3.93. The minimum absolute atomic E-state index is 0.460. The molecule has 3 aromatic carbocycles. The molecule has 0 atom stereocenters. The number of fused-ring (bicyclic) bond motifs is 1. The van der Waals surface area contributed by atoms with Gasteiger partial charge in [0.05, 0.1) is 49.8 Å². The third kappa shape index (κ3) is 5.94. The summed E-state index contributed by atoms with van der Waals surface area (Å²) in [6.45, 7) is 3.62. The van der Waals surface area contributed by atoms with Crippen LogP contribution in [0.4, 0.5) is 27.9 Å². The van der Waals surface area contributed by atoms with Crippen molar-refractivity contribution >= 4 is 72.6 Å². The van der Waals surface area contributed by atoms with E-state index in [1.807, 2.05) is 48.5 Å². The molecular formula is C24H19Cl2N7S. The third-order valence-electron chi connectivity index (χ3n) is 4.89. The van der Waals surface area contributed by atoms with E-state index in [4.69, 9.17) is 28.5 Å². The predicted octanol–water partition coefficient (Wildman–Crippen LogP) is 9.17. The van der Waals surface area contributed by atoms with Gasteiger partial charge in [0.15, 0.2) is 0 Å². The SMILES string of the molecule is CCN(CCC#N)c1ccc(N=Nc2ccc(N=Nc3nc4cc(Cl)c(Cl)cc4s3)cc2)cc1. The van der Waals surface area contributed by atoms with E-state index in [-0.39, 0.29) is 0 Å². The maximum Gasteiger partial charge on any atom is 0.231 e. The van der Waals surface area contributed by atoms with E-state index in [1.165, 1.54) is 11.3 Å². The Bertz CT molecular complexity index is 1330. The third-order valence-corrected chi connectivity index (χ3v) is 6.52. The molecule has 0 radical (unpaired) electrons. The molecule has 10 heteroatoms. The van der Waals surface area contributed by atoms with Gasteiger partial charge in [0.2, 0.25) is 5.13 Å². The van der Waals surface area contributed by atoms with E-state index in [0.717, 1.165) is 28.1 Å². The number of rotatable bonds is 8. The first-order chi connectivity index (χ1) is 16.6. The van der Waals surface area contributed by atoms with Crippen molar-refractivity contribution in [1.82, 2.24) is 4.98 Å². The standard InChI is InChI=1S/C24H19Cl2N7S/c1-2-33(13-3-12-27)19-10-8-18(9-11-19)30-29-16-4-6-17(7-5-16)31-32-24-28-22-14-20(25)21(26)15-23(22)34-24/h4-11,14-15H,2-3,13H2,1H3. The zero-order valence-electron chi connectivity index (χ0n) is 18.2. The molecule has 170 valence electrons. The van der Waals surface area contributed by atoms with Crippen LogP contribution >= 0.6 is 34.5 Å². The van der Waals surface area contributed by atoms with Crippen LogP contribution in [0.15, 0.2) is 81.1 Å². The molecule has 0 spiro atoms. The van der Waals surface area contributed by atoms with Gasteiger partial charge in [-0.2, -0.15) is 15.5 Å². The largest absolute Gasteiger partial charge is 0.371 e. The van der Waals surface area contributed by atoms with E-state index < -0.39 is 0 Å². The molecule has 0 aliphatic heterocycles. The van der Waals surface area contributed by atoms with Crippen molar-refractivity contribution in [2.24, 2.45) is 20.5 Å². The van der Waals surface area contributed by atoms with Gasteiger partial charge in [-0.15, -0.1) is 10.2 Å². The monoisotopic (exact) mass is 507 g/mol. The molecule has 34 heavy (non-hydrogen) atoms. The molecule has 0 saturated carbocycles. The van der Waals surface area contributed by atoms with Gasteiger partial charge in [-0.05, 0) is 67.6 Å². The van der Waals surface area contributed by atoms with Crippen LogP contribution in [0.25, 0.3) is 10.2 Å².